The Morgan fingerprint density at radius 1 is 1.30 bits per heavy atom. The van der Waals surface area contributed by atoms with E-state index in [-0.39, 0.29) is 18.5 Å². The Morgan fingerprint density at radius 2 is 1.96 bits per heavy atom. The number of aromatic nitrogens is 1. The van der Waals surface area contributed by atoms with Crippen LogP contribution >= 0.6 is 0 Å². The molecule has 1 aliphatic heterocycles. The van der Waals surface area contributed by atoms with Gasteiger partial charge in [0, 0.05) is 17.6 Å². The van der Waals surface area contributed by atoms with Crippen LogP contribution in [0.1, 0.15) is 44.0 Å². The number of para-hydroxylation sites is 1. The van der Waals surface area contributed by atoms with E-state index in [1.807, 2.05) is 6.92 Å². The van der Waals surface area contributed by atoms with Crippen molar-refractivity contribution in [3.8, 4) is 0 Å². The fourth-order valence-electron chi connectivity index (χ4n) is 3.71. The molecule has 0 radical (unpaired) electrons. The lowest BCUT2D eigenvalue weighted by atomic mass is 9.90. The van der Waals surface area contributed by atoms with Crippen molar-refractivity contribution in [1.29, 1.82) is 0 Å². The summed E-state index contributed by atoms with van der Waals surface area (Å²) in [6.07, 6.45) is -4.36. The second-order valence-electron chi connectivity index (χ2n) is 7.33. The standard InChI is InChI=1S/C19H23F3N2O3/c1-5-17(3)18(4,26)24(16(25)27-17)10-9-12-11(2)23-15-13(12)7-6-8-14(15)19(20,21)22/h6-8,23,26H,5,9-10H2,1-4H3/t17-,18+/m1/s1. The lowest BCUT2D eigenvalue weighted by molar-refractivity contribution is -0.137. The number of H-pyrrole nitrogens is 1. The van der Waals surface area contributed by atoms with Gasteiger partial charge in [-0.25, -0.2) is 4.79 Å². The fraction of sp³-hybridized carbons (Fsp3) is 0.526. The first-order valence-electron chi connectivity index (χ1n) is 8.82. The van der Waals surface area contributed by atoms with Gasteiger partial charge in [-0.3, -0.25) is 4.90 Å². The third-order valence-corrected chi connectivity index (χ3v) is 5.78. The van der Waals surface area contributed by atoms with Gasteiger partial charge in [0.25, 0.3) is 0 Å². The summed E-state index contributed by atoms with van der Waals surface area (Å²) in [7, 11) is 0. The molecule has 8 heteroatoms. The summed E-state index contributed by atoms with van der Waals surface area (Å²) in [5.41, 5.74) is -1.94. The Bertz CT molecular complexity index is 888. The van der Waals surface area contributed by atoms with Crippen molar-refractivity contribution < 1.29 is 27.8 Å². The first-order chi connectivity index (χ1) is 12.4. The normalized spacial score (nSPS) is 26.1. The Hall–Kier alpha value is -2.22. The number of benzene rings is 1. The van der Waals surface area contributed by atoms with Gasteiger partial charge in [0.15, 0.2) is 11.3 Å². The van der Waals surface area contributed by atoms with Crippen LogP contribution in [0.15, 0.2) is 18.2 Å². The van der Waals surface area contributed by atoms with Crippen molar-refractivity contribution in [2.24, 2.45) is 0 Å². The number of aryl methyl sites for hydroxylation is 1. The molecule has 0 unspecified atom stereocenters. The number of fused-ring (bicyclic) bond motifs is 1. The molecular formula is C19H23F3N2O3. The highest BCUT2D eigenvalue weighted by Gasteiger charge is 2.58. The molecule has 1 amide bonds. The zero-order valence-corrected chi connectivity index (χ0v) is 15.7. The Balaban J connectivity index is 1.93. The SMILES string of the molecule is CC[C@@]1(C)OC(=O)N(CCc2c(C)[nH]c3c(C(F)(F)F)cccc23)[C@@]1(C)O. The van der Waals surface area contributed by atoms with Crippen LogP contribution in [0.4, 0.5) is 18.0 Å². The summed E-state index contributed by atoms with van der Waals surface area (Å²) in [5.74, 6) is 0. The van der Waals surface area contributed by atoms with E-state index < -0.39 is 29.2 Å². The maximum Gasteiger partial charge on any atom is 0.418 e. The van der Waals surface area contributed by atoms with Crippen molar-refractivity contribution in [2.45, 2.75) is 58.0 Å². The van der Waals surface area contributed by atoms with Crippen LogP contribution in [-0.4, -0.2) is 39.0 Å². The largest absolute Gasteiger partial charge is 0.438 e. The third kappa shape index (κ3) is 2.96. The average molecular weight is 384 g/mol. The molecule has 2 atom stereocenters. The number of amides is 1. The number of hydrogen-bond donors (Lipinski definition) is 2. The van der Waals surface area contributed by atoms with E-state index in [4.69, 9.17) is 4.74 Å². The molecule has 27 heavy (non-hydrogen) atoms. The van der Waals surface area contributed by atoms with Crippen LogP contribution in [-0.2, 0) is 17.3 Å². The van der Waals surface area contributed by atoms with Gasteiger partial charge >= 0.3 is 12.3 Å². The van der Waals surface area contributed by atoms with Gasteiger partial charge < -0.3 is 14.8 Å². The van der Waals surface area contributed by atoms with Gasteiger partial charge in [-0.1, -0.05) is 19.1 Å². The maximum atomic E-state index is 13.2. The lowest BCUT2D eigenvalue weighted by Gasteiger charge is -2.36. The topological polar surface area (TPSA) is 65.6 Å². The first kappa shape index (κ1) is 19.5. The predicted octanol–water partition coefficient (Wildman–Crippen LogP) is 4.37. The summed E-state index contributed by atoms with van der Waals surface area (Å²) < 4.78 is 45.1. The molecule has 0 spiro atoms. The third-order valence-electron chi connectivity index (χ3n) is 5.78. The van der Waals surface area contributed by atoms with Gasteiger partial charge in [0.2, 0.25) is 0 Å². The number of ether oxygens (including phenoxy) is 1. The Kier molecular flexibility index (Phi) is 4.45. The predicted molar refractivity (Wildman–Crippen MR) is 94.2 cm³/mol. The van der Waals surface area contributed by atoms with Crippen LogP contribution in [0.3, 0.4) is 0 Å². The molecule has 148 valence electrons. The first-order valence-corrected chi connectivity index (χ1v) is 8.82. The molecule has 1 aliphatic rings. The second-order valence-corrected chi connectivity index (χ2v) is 7.33. The van der Waals surface area contributed by atoms with Crippen molar-refractivity contribution in [3.63, 3.8) is 0 Å². The summed E-state index contributed by atoms with van der Waals surface area (Å²) in [5, 5.41) is 11.3. The number of nitrogens with one attached hydrogen (secondary N) is 1. The number of aliphatic hydroxyl groups is 1. The quantitative estimate of drug-likeness (QED) is 0.823. The monoisotopic (exact) mass is 384 g/mol. The van der Waals surface area contributed by atoms with Crippen molar-refractivity contribution in [2.75, 3.05) is 6.54 Å². The van der Waals surface area contributed by atoms with Crippen molar-refractivity contribution >= 4 is 17.0 Å². The van der Waals surface area contributed by atoms with Crippen LogP contribution in [0.25, 0.3) is 10.9 Å². The minimum Gasteiger partial charge on any atom is -0.438 e. The minimum absolute atomic E-state index is 0.0339. The van der Waals surface area contributed by atoms with Crippen molar-refractivity contribution in [3.05, 3.63) is 35.0 Å². The van der Waals surface area contributed by atoms with E-state index in [2.05, 4.69) is 4.98 Å². The summed E-state index contributed by atoms with van der Waals surface area (Å²) in [4.78, 5) is 16.3. The molecular weight excluding hydrogens is 361 g/mol. The number of rotatable bonds is 4. The molecule has 0 bridgehead atoms. The fourth-order valence-corrected chi connectivity index (χ4v) is 3.71. The Morgan fingerprint density at radius 3 is 2.52 bits per heavy atom. The maximum absolute atomic E-state index is 13.2. The van der Waals surface area contributed by atoms with Crippen LogP contribution in [0, 0.1) is 6.92 Å². The smallest absolute Gasteiger partial charge is 0.418 e. The van der Waals surface area contributed by atoms with E-state index in [1.54, 1.807) is 19.9 Å². The number of nitrogens with zero attached hydrogens (tertiary/aromatic N) is 1. The number of halogens is 3. The number of carbonyl (C=O) groups is 1. The highest BCUT2D eigenvalue weighted by Crippen LogP contribution is 2.40. The number of hydrogen-bond acceptors (Lipinski definition) is 3. The number of carbonyl (C=O) groups excluding carboxylic acids is 1. The molecule has 1 aromatic carbocycles. The number of cyclic esters (lactones) is 1. The van der Waals surface area contributed by atoms with E-state index in [9.17, 15) is 23.1 Å². The van der Waals surface area contributed by atoms with Gasteiger partial charge in [-0.15, -0.1) is 0 Å². The molecule has 0 saturated carbocycles. The molecule has 2 N–H and O–H groups in total. The molecule has 3 rings (SSSR count). The molecule has 5 nitrogen and oxygen atoms in total. The zero-order chi connectivity index (χ0) is 20.2. The van der Waals surface area contributed by atoms with E-state index >= 15 is 0 Å². The van der Waals surface area contributed by atoms with Crippen LogP contribution < -0.4 is 0 Å². The zero-order valence-electron chi connectivity index (χ0n) is 15.7. The minimum atomic E-state index is -4.46. The second kappa shape index (κ2) is 6.15. The highest BCUT2D eigenvalue weighted by molar-refractivity contribution is 5.88. The molecule has 1 saturated heterocycles. The molecule has 0 aliphatic carbocycles. The lowest BCUT2D eigenvalue weighted by Crippen LogP contribution is -2.55. The highest BCUT2D eigenvalue weighted by atomic mass is 19.4. The van der Waals surface area contributed by atoms with E-state index in [0.717, 1.165) is 6.07 Å². The van der Waals surface area contributed by atoms with Gasteiger partial charge in [0.05, 0.1) is 11.1 Å². The van der Waals surface area contributed by atoms with E-state index in [0.29, 0.717) is 23.1 Å². The Labute approximate surface area is 155 Å². The molecule has 2 aromatic rings. The van der Waals surface area contributed by atoms with Crippen molar-refractivity contribution in [1.82, 2.24) is 9.88 Å². The molecule has 2 heterocycles. The van der Waals surface area contributed by atoms with E-state index in [1.165, 1.54) is 17.9 Å². The number of alkyl halides is 3. The van der Waals surface area contributed by atoms with Gasteiger partial charge in [-0.05, 0) is 45.2 Å². The summed E-state index contributed by atoms with van der Waals surface area (Å²) >= 11 is 0. The van der Waals surface area contributed by atoms with Crippen LogP contribution in [0.5, 0.6) is 0 Å². The van der Waals surface area contributed by atoms with Gasteiger partial charge in [0.1, 0.15) is 0 Å². The molecule has 1 fully saturated rings. The number of aromatic amines is 1. The summed E-state index contributed by atoms with van der Waals surface area (Å²) in [6.45, 7) is 6.83. The molecule has 1 aromatic heterocycles. The summed E-state index contributed by atoms with van der Waals surface area (Å²) in [6, 6.07) is 4.04. The average Bonchev–Trinajstić information content (AvgIpc) is 2.96. The van der Waals surface area contributed by atoms with Crippen LogP contribution in [0.2, 0.25) is 0 Å². The van der Waals surface area contributed by atoms with Gasteiger partial charge in [-0.2, -0.15) is 13.2 Å².